The maximum Gasteiger partial charge on any atom is 0.338 e. The maximum absolute atomic E-state index is 13.5. The van der Waals surface area contributed by atoms with Gasteiger partial charge in [-0.15, -0.1) is 0 Å². The van der Waals surface area contributed by atoms with E-state index in [0.717, 1.165) is 0 Å². The van der Waals surface area contributed by atoms with Crippen LogP contribution in [0.25, 0.3) is 0 Å². The van der Waals surface area contributed by atoms with Gasteiger partial charge >= 0.3 is 23.9 Å². The fraction of sp³-hybridized carbons (Fsp3) is 0.194. The first kappa shape index (κ1) is 32.6. The molecule has 11 heteroatoms. The Balaban J connectivity index is 1.54. The summed E-state index contributed by atoms with van der Waals surface area (Å²) < 4.78 is 29.4. The van der Waals surface area contributed by atoms with Crippen molar-refractivity contribution in [3.8, 4) is 0 Å². The largest absolute Gasteiger partial charge is 0.459 e. The highest BCUT2D eigenvalue weighted by molar-refractivity contribution is 5.91. The lowest BCUT2D eigenvalue weighted by atomic mass is 9.96. The molecule has 1 heterocycles. The molecule has 0 radical (unpaired) electrons. The van der Waals surface area contributed by atoms with Crippen molar-refractivity contribution in [1.82, 2.24) is 5.32 Å². The van der Waals surface area contributed by atoms with Gasteiger partial charge in [-0.3, -0.25) is 4.79 Å². The Morgan fingerprint density at radius 1 is 0.532 bits per heavy atom. The van der Waals surface area contributed by atoms with Crippen LogP contribution in [0.15, 0.2) is 121 Å². The van der Waals surface area contributed by atoms with Gasteiger partial charge in [-0.05, 0) is 48.5 Å². The Hall–Kier alpha value is -5.81. The molecule has 5 rings (SSSR count). The van der Waals surface area contributed by atoms with Gasteiger partial charge in [0.25, 0.3) is 0 Å². The monoisotopic (exact) mass is 637 g/mol. The van der Waals surface area contributed by atoms with E-state index in [1.165, 1.54) is 43.3 Å². The van der Waals surface area contributed by atoms with E-state index in [-0.39, 0.29) is 22.3 Å². The topological polar surface area (TPSA) is 144 Å². The van der Waals surface area contributed by atoms with Crippen LogP contribution in [0, 0.1) is 0 Å². The molecule has 1 saturated heterocycles. The van der Waals surface area contributed by atoms with Crippen molar-refractivity contribution in [2.75, 3.05) is 6.61 Å². The predicted octanol–water partition coefficient (Wildman–Crippen LogP) is 4.38. The fourth-order valence-electron chi connectivity index (χ4n) is 4.88. The number of rotatable bonds is 10. The summed E-state index contributed by atoms with van der Waals surface area (Å²) in [7, 11) is 0. The minimum absolute atomic E-state index is 0.156. The SMILES string of the molecule is CC(=O)N[C@@H]1O[C@H](COC(=O)c2ccccc2)[C@H](OC(=O)c2ccccc2)[C@H](OC(=O)c2ccccc2)[C@H]1OC(=O)c1ccccc1. The van der Waals surface area contributed by atoms with E-state index in [1.54, 1.807) is 84.9 Å². The van der Waals surface area contributed by atoms with E-state index in [1.807, 2.05) is 0 Å². The standard InChI is InChI=1S/C36H31NO10/c1-23(38)37-32-31(47-36(42)27-20-12-5-13-21-27)30(46-35(41)26-18-10-4-11-19-26)29(45-34(40)25-16-8-3-9-17-25)28(44-32)22-43-33(39)24-14-6-2-7-15-24/h2-21,28-32H,22H2,1H3,(H,37,38)/t28-,29+,30+,31-,32-/m1/s1. The van der Waals surface area contributed by atoms with Crippen LogP contribution in [-0.4, -0.2) is 67.0 Å². The molecule has 4 aromatic carbocycles. The zero-order valence-corrected chi connectivity index (χ0v) is 25.2. The Morgan fingerprint density at radius 2 is 0.894 bits per heavy atom. The molecule has 0 unspecified atom stereocenters. The summed E-state index contributed by atoms with van der Waals surface area (Å²) >= 11 is 0. The van der Waals surface area contributed by atoms with Crippen LogP contribution >= 0.6 is 0 Å². The van der Waals surface area contributed by atoms with Crippen LogP contribution in [0.1, 0.15) is 48.4 Å². The van der Waals surface area contributed by atoms with Crippen molar-refractivity contribution < 1.29 is 47.7 Å². The summed E-state index contributed by atoms with van der Waals surface area (Å²) in [5, 5.41) is 2.58. The number of amides is 1. The van der Waals surface area contributed by atoms with Gasteiger partial charge in [-0.1, -0.05) is 72.8 Å². The predicted molar refractivity (Wildman–Crippen MR) is 166 cm³/mol. The van der Waals surface area contributed by atoms with Crippen LogP contribution in [0.2, 0.25) is 0 Å². The zero-order chi connectivity index (χ0) is 33.2. The fourth-order valence-corrected chi connectivity index (χ4v) is 4.88. The normalized spacial score (nSPS) is 20.2. The van der Waals surface area contributed by atoms with Crippen molar-refractivity contribution in [2.24, 2.45) is 0 Å². The summed E-state index contributed by atoms with van der Waals surface area (Å²) in [5.74, 6) is -3.74. The Morgan fingerprint density at radius 3 is 1.30 bits per heavy atom. The molecule has 1 aliphatic heterocycles. The molecule has 0 aromatic heterocycles. The molecule has 0 bridgehead atoms. The first-order valence-electron chi connectivity index (χ1n) is 14.7. The molecule has 1 fully saturated rings. The molecule has 1 aliphatic rings. The molecular weight excluding hydrogens is 606 g/mol. The third-order valence-corrected chi connectivity index (χ3v) is 7.13. The van der Waals surface area contributed by atoms with E-state index < -0.39 is 67.0 Å². The Bertz CT molecular complexity index is 1680. The van der Waals surface area contributed by atoms with Crippen LogP contribution < -0.4 is 5.32 Å². The Kier molecular flexibility index (Phi) is 10.7. The van der Waals surface area contributed by atoms with Crippen LogP contribution in [-0.2, 0) is 28.5 Å². The lowest BCUT2D eigenvalue weighted by Crippen LogP contribution is -2.66. The summed E-state index contributed by atoms with van der Waals surface area (Å²) in [5.41, 5.74) is 0.742. The van der Waals surface area contributed by atoms with E-state index in [9.17, 15) is 24.0 Å². The number of esters is 4. The van der Waals surface area contributed by atoms with Crippen molar-refractivity contribution >= 4 is 29.8 Å². The van der Waals surface area contributed by atoms with Gasteiger partial charge in [0.15, 0.2) is 24.5 Å². The molecule has 4 aromatic rings. The number of nitrogens with one attached hydrogen (secondary N) is 1. The summed E-state index contributed by atoms with van der Waals surface area (Å²) in [6, 6.07) is 32.2. The molecule has 1 amide bonds. The highest BCUT2D eigenvalue weighted by Gasteiger charge is 2.53. The van der Waals surface area contributed by atoms with Gasteiger partial charge in [0.05, 0.1) is 22.3 Å². The lowest BCUT2D eigenvalue weighted by molar-refractivity contribution is -0.235. The molecule has 240 valence electrons. The first-order valence-corrected chi connectivity index (χ1v) is 14.7. The minimum Gasteiger partial charge on any atom is -0.459 e. The summed E-state index contributed by atoms with van der Waals surface area (Å²) in [4.78, 5) is 65.5. The van der Waals surface area contributed by atoms with Gasteiger partial charge < -0.3 is 29.0 Å². The molecular formula is C36H31NO10. The highest BCUT2D eigenvalue weighted by atomic mass is 16.7. The maximum atomic E-state index is 13.5. The molecule has 0 aliphatic carbocycles. The zero-order valence-electron chi connectivity index (χ0n) is 25.2. The second-order valence-electron chi connectivity index (χ2n) is 10.5. The molecule has 0 saturated carbocycles. The van der Waals surface area contributed by atoms with Crippen LogP contribution in [0.3, 0.4) is 0 Å². The van der Waals surface area contributed by atoms with Gasteiger partial charge in [0, 0.05) is 6.92 Å². The Labute approximate surface area is 270 Å². The van der Waals surface area contributed by atoms with Crippen molar-refractivity contribution in [3.63, 3.8) is 0 Å². The number of carbonyl (C=O) groups excluding carboxylic acids is 5. The third kappa shape index (κ3) is 8.47. The molecule has 11 nitrogen and oxygen atoms in total. The van der Waals surface area contributed by atoms with Gasteiger partial charge in [-0.25, -0.2) is 19.2 Å². The van der Waals surface area contributed by atoms with Crippen molar-refractivity contribution in [2.45, 2.75) is 37.6 Å². The van der Waals surface area contributed by atoms with Gasteiger partial charge in [0.1, 0.15) is 12.7 Å². The second kappa shape index (κ2) is 15.5. The average molecular weight is 638 g/mol. The van der Waals surface area contributed by atoms with Crippen molar-refractivity contribution in [3.05, 3.63) is 144 Å². The molecule has 0 spiro atoms. The van der Waals surface area contributed by atoms with Gasteiger partial charge in [0.2, 0.25) is 5.91 Å². The summed E-state index contributed by atoms with van der Waals surface area (Å²) in [6.45, 7) is 0.728. The van der Waals surface area contributed by atoms with Crippen molar-refractivity contribution in [1.29, 1.82) is 0 Å². The minimum atomic E-state index is -1.55. The van der Waals surface area contributed by atoms with Crippen LogP contribution in [0.4, 0.5) is 0 Å². The number of hydrogen-bond donors (Lipinski definition) is 1. The van der Waals surface area contributed by atoms with E-state index >= 15 is 0 Å². The molecule has 1 N–H and O–H groups in total. The number of carbonyl (C=O) groups is 5. The summed E-state index contributed by atoms with van der Waals surface area (Å²) in [6.07, 6.45) is -7.27. The van der Waals surface area contributed by atoms with Gasteiger partial charge in [-0.2, -0.15) is 0 Å². The molecule has 47 heavy (non-hydrogen) atoms. The van der Waals surface area contributed by atoms with Crippen LogP contribution in [0.5, 0.6) is 0 Å². The molecule has 5 atom stereocenters. The number of ether oxygens (including phenoxy) is 5. The number of hydrogen-bond acceptors (Lipinski definition) is 10. The highest BCUT2D eigenvalue weighted by Crippen LogP contribution is 2.30. The second-order valence-corrected chi connectivity index (χ2v) is 10.5. The first-order chi connectivity index (χ1) is 22.8. The van der Waals surface area contributed by atoms with E-state index in [0.29, 0.717) is 0 Å². The average Bonchev–Trinajstić information content (AvgIpc) is 3.10. The number of benzene rings is 4. The smallest absolute Gasteiger partial charge is 0.338 e. The quantitative estimate of drug-likeness (QED) is 0.197. The van der Waals surface area contributed by atoms with E-state index in [4.69, 9.17) is 23.7 Å². The lowest BCUT2D eigenvalue weighted by Gasteiger charge is -2.44. The third-order valence-electron chi connectivity index (χ3n) is 7.13. The van der Waals surface area contributed by atoms with E-state index in [2.05, 4.69) is 5.32 Å².